The average Bonchev–Trinajstić information content (AvgIpc) is 1.36. The van der Waals surface area contributed by atoms with E-state index >= 15 is 0 Å². The Bertz CT molecular complexity index is 62.6. The van der Waals surface area contributed by atoms with Crippen LogP contribution in [0, 0.1) is 0 Å². The van der Waals surface area contributed by atoms with E-state index in [0.29, 0.717) is 0 Å². The van der Waals surface area contributed by atoms with E-state index in [4.69, 9.17) is 10.5 Å². The third-order valence-corrected chi connectivity index (χ3v) is 0.198. The molecular weight excluding hydrogens is 92.0 g/mol. The summed E-state index contributed by atoms with van der Waals surface area (Å²) in [6.45, 7) is 0. The number of amides is 1. The summed E-state index contributed by atoms with van der Waals surface area (Å²) in [6.07, 6.45) is -3.12. The number of hydrogen-bond acceptors (Lipinski definition) is 1. The summed E-state index contributed by atoms with van der Waals surface area (Å²) in [5.41, 5.74) is 5.64. The van der Waals surface area contributed by atoms with E-state index in [0.717, 1.165) is 0 Å². The van der Waals surface area contributed by atoms with Gasteiger partial charge in [-0.1, -0.05) is 0 Å². The van der Waals surface area contributed by atoms with Crippen molar-refractivity contribution in [3.05, 3.63) is 0 Å². The van der Waals surface area contributed by atoms with Gasteiger partial charge in [0, 0.05) is 0 Å². The van der Waals surface area contributed by atoms with Crippen LogP contribution in [0.3, 0.4) is 0 Å². The maximum Gasteiger partial charge on any atom is 0.317 e. The van der Waals surface area contributed by atoms with Gasteiger partial charge < -0.3 is 0 Å². The number of rotatable bonds is 1. The van der Waals surface area contributed by atoms with Crippen molar-refractivity contribution in [2.75, 3.05) is 0 Å². The Kier molecular flexibility index (Phi) is 1.50. The highest BCUT2D eigenvalue weighted by atomic mass is 19.3. The van der Waals surface area contributed by atoms with Gasteiger partial charge in [-0.3, -0.25) is 10.5 Å². The molecule has 0 atom stereocenters. The van der Waals surface area contributed by atoms with Gasteiger partial charge in [-0.2, -0.15) is 8.78 Å². The summed E-state index contributed by atoms with van der Waals surface area (Å²) in [5, 5.41) is 0. The van der Waals surface area contributed by atoms with Crippen molar-refractivity contribution in [3.8, 4) is 0 Å². The molecule has 0 saturated carbocycles. The molecule has 0 bridgehead atoms. The molecular formula is C2H2F2NO. The minimum absolute atomic E-state index is 1.82. The fourth-order valence-electron chi connectivity index (χ4n) is 0. The molecule has 0 aliphatic heterocycles. The van der Waals surface area contributed by atoms with Crippen LogP contribution in [-0.4, -0.2) is 12.3 Å². The average molecular weight is 94.0 g/mol. The lowest BCUT2D eigenvalue weighted by atomic mass is 10.7. The van der Waals surface area contributed by atoms with Crippen LogP contribution in [0.4, 0.5) is 8.78 Å². The van der Waals surface area contributed by atoms with Gasteiger partial charge in [0.05, 0.1) is 0 Å². The van der Waals surface area contributed by atoms with Crippen LogP contribution >= 0.6 is 0 Å². The van der Waals surface area contributed by atoms with Crippen LogP contribution in [0.25, 0.3) is 0 Å². The van der Waals surface area contributed by atoms with Crippen molar-refractivity contribution in [1.82, 2.24) is 5.73 Å². The predicted molar refractivity (Wildman–Crippen MR) is 14.1 cm³/mol. The van der Waals surface area contributed by atoms with Gasteiger partial charge in [0.1, 0.15) is 0 Å². The predicted octanol–water partition coefficient (Wildman–Crippen LogP) is 0.0610. The summed E-state index contributed by atoms with van der Waals surface area (Å²) >= 11 is 0. The second-order valence-corrected chi connectivity index (χ2v) is 0.665. The van der Waals surface area contributed by atoms with Gasteiger partial charge in [-0.25, -0.2) is 0 Å². The molecule has 1 amide bonds. The highest BCUT2D eigenvalue weighted by Gasteiger charge is 2.08. The number of carbonyl (C=O) groups is 1. The fraction of sp³-hybridized carbons (Fsp3) is 0.500. The highest BCUT2D eigenvalue weighted by Crippen LogP contribution is 1.87. The topological polar surface area (TPSA) is 40.9 Å². The van der Waals surface area contributed by atoms with Crippen molar-refractivity contribution in [3.63, 3.8) is 0 Å². The normalized spacial score (nSPS) is 9.17. The van der Waals surface area contributed by atoms with Crippen LogP contribution < -0.4 is 5.73 Å². The SMILES string of the molecule is [NH]C(=O)C(F)F. The second-order valence-electron chi connectivity index (χ2n) is 0.665. The lowest BCUT2D eigenvalue weighted by Crippen LogP contribution is -2.08. The maximum atomic E-state index is 10.6. The van der Waals surface area contributed by atoms with E-state index in [-0.39, 0.29) is 0 Å². The van der Waals surface area contributed by atoms with E-state index in [1.807, 2.05) is 0 Å². The lowest BCUT2D eigenvalue weighted by molar-refractivity contribution is -0.129. The summed E-state index contributed by atoms with van der Waals surface area (Å²) in [6, 6.07) is 0. The van der Waals surface area contributed by atoms with E-state index in [2.05, 4.69) is 0 Å². The minimum Gasteiger partial charge on any atom is -0.267 e. The number of halogens is 2. The van der Waals surface area contributed by atoms with Crippen LogP contribution in [0.2, 0.25) is 0 Å². The van der Waals surface area contributed by atoms with Crippen LogP contribution in [0.15, 0.2) is 0 Å². The summed E-state index contributed by atoms with van der Waals surface area (Å²) < 4.78 is 21.2. The van der Waals surface area contributed by atoms with Crippen molar-refractivity contribution in [1.29, 1.82) is 0 Å². The van der Waals surface area contributed by atoms with Gasteiger partial charge in [0.15, 0.2) is 0 Å². The molecule has 0 aliphatic carbocycles. The zero-order chi connectivity index (χ0) is 5.15. The van der Waals surface area contributed by atoms with Gasteiger partial charge in [-0.15, -0.1) is 0 Å². The molecule has 0 aliphatic rings. The molecule has 4 heteroatoms. The monoisotopic (exact) mass is 94.0 g/mol. The van der Waals surface area contributed by atoms with Crippen molar-refractivity contribution >= 4 is 5.91 Å². The lowest BCUT2D eigenvalue weighted by Gasteiger charge is -1.81. The second kappa shape index (κ2) is 1.69. The molecule has 0 saturated heterocycles. The smallest absolute Gasteiger partial charge is 0.267 e. The largest absolute Gasteiger partial charge is 0.317 e. The maximum absolute atomic E-state index is 10.6. The van der Waals surface area contributed by atoms with Crippen LogP contribution in [-0.2, 0) is 4.79 Å². The Balaban J connectivity index is 3.26. The Morgan fingerprint density at radius 1 is 1.67 bits per heavy atom. The summed E-state index contributed by atoms with van der Waals surface area (Å²) in [4.78, 5) is 9.06. The molecule has 0 heterocycles. The van der Waals surface area contributed by atoms with Crippen molar-refractivity contribution in [2.24, 2.45) is 0 Å². The summed E-state index contributed by atoms with van der Waals surface area (Å²) in [7, 11) is 0. The molecule has 0 aromatic carbocycles. The van der Waals surface area contributed by atoms with Crippen LogP contribution in [0.1, 0.15) is 0 Å². The zero-order valence-corrected chi connectivity index (χ0v) is 2.74. The summed E-state index contributed by atoms with van der Waals surface area (Å²) in [5.74, 6) is -1.82. The van der Waals surface area contributed by atoms with Gasteiger partial charge in [-0.05, 0) is 0 Å². The van der Waals surface area contributed by atoms with E-state index in [1.165, 1.54) is 0 Å². The molecule has 2 nitrogen and oxygen atoms in total. The van der Waals surface area contributed by atoms with E-state index in [1.54, 1.807) is 0 Å². The zero-order valence-electron chi connectivity index (χ0n) is 2.74. The number of alkyl halides is 2. The highest BCUT2D eigenvalue weighted by molar-refractivity contribution is 5.76. The van der Waals surface area contributed by atoms with Gasteiger partial charge >= 0.3 is 12.3 Å². The third kappa shape index (κ3) is 1.63. The molecule has 35 valence electrons. The minimum atomic E-state index is -3.12. The molecule has 6 heavy (non-hydrogen) atoms. The quantitative estimate of drug-likeness (QED) is 0.453. The van der Waals surface area contributed by atoms with Crippen LogP contribution in [0.5, 0.6) is 0 Å². The Labute approximate surface area is 32.9 Å². The first kappa shape index (κ1) is 5.33. The molecule has 0 aromatic rings. The van der Waals surface area contributed by atoms with E-state index < -0.39 is 12.3 Å². The van der Waals surface area contributed by atoms with E-state index in [9.17, 15) is 8.78 Å². The Hall–Kier alpha value is -0.670. The standard InChI is InChI=1S/C2H2F2NO/c3-1(4)2(5)6/h1,5H. The first-order chi connectivity index (χ1) is 2.64. The molecule has 0 fully saturated rings. The molecule has 1 radical (unpaired) electrons. The molecule has 0 rings (SSSR count). The number of nitrogens with one attached hydrogen (secondary N) is 1. The number of hydrogen-bond donors (Lipinski definition) is 0. The van der Waals surface area contributed by atoms with Crippen molar-refractivity contribution in [2.45, 2.75) is 6.43 Å². The molecule has 0 aromatic heterocycles. The Morgan fingerprint density at radius 2 is 1.83 bits per heavy atom. The third-order valence-electron chi connectivity index (χ3n) is 0.198. The fourth-order valence-corrected chi connectivity index (χ4v) is 0. The molecule has 0 spiro atoms. The molecule has 1 N–H and O–H groups in total. The number of carbonyl (C=O) groups excluding carboxylic acids is 1. The first-order valence-corrected chi connectivity index (χ1v) is 1.18. The van der Waals surface area contributed by atoms with Gasteiger partial charge in [0.25, 0.3) is 0 Å². The van der Waals surface area contributed by atoms with Crippen molar-refractivity contribution < 1.29 is 13.6 Å². The van der Waals surface area contributed by atoms with Gasteiger partial charge in [0.2, 0.25) is 0 Å². The molecule has 0 unspecified atom stereocenters. The Morgan fingerprint density at radius 3 is 1.83 bits per heavy atom. The first-order valence-electron chi connectivity index (χ1n) is 1.18.